The lowest BCUT2D eigenvalue weighted by atomic mass is 9.72. The Bertz CT molecular complexity index is 548. The van der Waals surface area contributed by atoms with E-state index >= 15 is 0 Å². The number of ether oxygens (including phenoxy) is 2. The fraction of sp³-hybridized carbons (Fsp3) is 0.462. The summed E-state index contributed by atoms with van der Waals surface area (Å²) < 4.78 is 10.3. The molecule has 1 aromatic rings. The highest BCUT2D eigenvalue weighted by molar-refractivity contribution is 6.34. The number of halogens is 1. The summed E-state index contributed by atoms with van der Waals surface area (Å²) in [4.78, 5) is 14.4. The lowest BCUT2D eigenvalue weighted by Gasteiger charge is -2.37. The molecule has 1 aromatic carbocycles. The molecule has 1 N–H and O–H groups in total. The van der Waals surface area contributed by atoms with Gasteiger partial charge in [0.15, 0.2) is 11.5 Å². The van der Waals surface area contributed by atoms with E-state index in [9.17, 15) is 9.90 Å². The van der Waals surface area contributed by atoms with Gasteiger partial charge in [-0.2, -0.15) is 4.99 Å². The minimum absolute atomic E-state index is 0.0595. The summed E-state index contributed by atoms with van der Waals surface area (Å²) in [5.74, 6) is 0.528. The van der Waals surface area contributed by atoms with Crippen LogP contribution in [0, 0.1) is 0 Å². The van der Waals surface area contributed by atoms with Gasteiger partial charge in [0.2, 0.25) is 6.08 Å². The van der Waals surface area contributed by atoms with E-state index in [0.29, 0.717) is 24.2 Å². The predicted octanol–water partition coefficient (Wildman–Crippen LogP) is 2.78. The molecule has 6 heteroatoms. The Morgan fingerprint density at radius 3 is 2.53 bits per heavy atom. The first-order valence-corrected chi connectivity index (χ1v) is 6.20. The van der Waals surface area contributed by atoms with Gasteiger partial charge in [0.25, 0.3) is 0 Å². The van der Waals surface area contributed by atoms with Crippen LogP contribution in [0.25, 0.3) is 0 Å². The normalized spacial score (nSPS) is 16.2. The molecule has 102 valence electrons. The summed E-state index contributed by atoms with van der Waals surface area (Å²) in [5.41, 5.74) is -0.264. The van der Waals surface area contributed by atoms with Crippen LogP contribution in [0.1, 0.15) is 24.8 Å². The van der Waals surface area contributed by atoms with E-state index in [1.165, 1.54) is 14.2 Å². The zero-order valence-corrected chi connectivity index (χ0v) is 11.5. The minimum atomic E-state index is -0.741. The fourth-order valence-electron chi connectivity index (χ4n) is 2.34. The molecule has 5 nitrogen and oxygen atoms in total. The number of benzene rings is 1. The van der Waals surface area contributed by atoms with E-state index < -0.39 is 5.54 Å². The van der Waals surface area contributed by atoms with Gasteiger partial charge in [-0.3, -0.25) is 0 Å². The van der Waals surface area contributed by atoms with Gasteiger partial charge in [0.05, 0.1) is 14.2 Å². The van der Waals surface area contributed by atoms with E-state index in [2.05, 4.69) is 4.99 Å². The molecule has 0 bridgehead atoms. The van der Waals surface area contributed by atoms with Gasteiger partial charge in [-0.25, -0.2) is 4.79 Å². The van der Waals surface area contributed by atoms with Crippen LogP contribution in [-0.2, 0) is 10.3 Å². The van der Waals surface area contributed by atoms with Crippen molar-refractivity contribution in [2.24, 2.45) is 4.99 Å². The molecule has 0 unspecified atom stereocenters. The molecular weight excluding hydrogens is 270 g/mol. The third-order valence-corrected chi connectivity index (χ3v) is 3.88. The van der Waals surface area contributed by atoms with Crippen LogP contribution in [0.15, 0.2) is 11.1 Å². The maximum atomic E-state index is 10.6. The summed E-state index contributed by atoms with van der Waals surface area (Å²) in [5, 5.41) is 10.3. The van der Waals surface area contributed by atoms with Crippen LogP contribution in [0.4, 0.5) is 0 Å². The molecule has 0 amide bonds. The SMILES string of the molecule is COc1cc(C2(N=C=O)CCC2)c(O)c(Cl)c1OC. The lowest BCUT2D eigenvalue weighted by molar-refractivity contribution is 0.245. The topological polar surface area (TPSA) is 68.1 Å². The number of carbonyl (C=O) groups excluding carboxylic acids is 1. The highest BCUT2D eigenvalue weighted by Gasteiger charge is 2.42. The molecule has 0 radical (unpaired) electrons. The number of isocyanates is 1. The Morgan fingerprint density at radius 1 is 1.42 bits per heavy atom. The molecule has 1 fully saturated rings. The van der Waals surface area contributed by atoms with Crippen molar-refractivity contribution in [1.29, 1.82) is 0 Å². The second-order valence-corrected chi connectivity index (χ2v) is 4.79. The molecule has 0 atom stereocenters. The van der Waals surface area contributed by atoms with Gasteiger partial charge in [-0.15, -0.1) is 0 Å². The number of hydrogen-bond acceptors (Lipinski definition) is 5. The van der Waals surface area contributed by atoms with E-state index in [-0.39, 0.29) is 16.5 Å². The molecule has 0 aromatic heterocycles. The smallest absolute Gasteiger partial charge is 0.235 e. The summed E-state index contributed by atoms with van der Waals surface area (Å²) in [6.45, 7) is 0. The molecule has 0 saturated heterocycles. The third kappa shape index (κ3) is 2.05. The predicted molar refractivity (Wildman–Crippen MR) is 69.9 cm³/mol. The number of phenolic OH excluding ortho intramolecular Hbond substituents is 1. The van der Waals surface area contributed by atoms with E-state index in [0.717, 1.165) is 6.42 Å². The molecule has 1 saturated carbocycles. The maximum Gasteiger partial charge on any atom is 0.235 e. The van der Waals surface area contributed by atoms with Crippen LogP contribution in [0.3, 0.4) is 0 Å². The molecule has 0 heterocycles. The van der Waals surface area contributed by atoms with Gasteiger partial charge in [-0.05, 0) is 25.3 Å². The van der Waals surface area contributed by atoms with Gasteiger partial charge in [0.1, 0.15) is 16.3 Å². The van der Waals surface area contributed by atoms with Crippen LogP contribution in [0.2, 0.25) is 5.02 Å². The van der Waals surface area contributed by atoms with Gasteiger partial charge in [-0.1, -0.05) is 11.6 Å². The maximum absolute atomic E-state index is 10.6. The van der Waals surface area contributed by atoms with Crippen molar-refractivity contribution >= 4 is 17.7 Å². The van der Waals surface area contributed by atoms with Crippen molar-refractivity contribution < 1.29 is 19.4 Å². The quantitative estimate of drug-likeness (QED) is 0.681. The highest BCUT2D eigenvalue weighted by atomic mass is 35.5. The fourth-order valence-corrected chi connectivity index (χ4v) is 2.61. The number of rotatable bonds is 4. The van der Waals surface area contributed by atoms with Gasteiger partial charge in [0, 0.05) is 5.56 Å². The average molecular weight is 284 g/mol. The average Bonchev–Trinajstić information content (AvgIpc) is 2.37. The van der Waals surface area contributed by atoms with Crippen molar-refractivity contribution in [2.45, 2.75) is 24.8 Å². The minimum Gasteiger partial charge on any atom is -0.506 e. The Kier molecular flexibility index (Phi) is 3.69. The first-order valence-electron chi connectivity index (χ1n) is 5.82. The molecule has 0 spiro atoms. The molecule has 1 aliphatic rings. The van der Waals surface area contributed by atoms with Gasteiger partial charge < -0.3 is 14.6 Å². The Balaban J connectivity index is 2.64. The monoisotopic (exact) mass is 283 g/mol. The Labute approximate surface area is 115 Å². The van der Waals surface area contributed by atoms with Crippen molar-refractivity contribution in [3.8, 4) is 17.2 Å². The Morgan fingerprint density at radius 2 is 2.11 bits per heavy atom. The number of hydrogen-bond donors (Lipinski definition) is 1. The lowest BCUT2D eigenvalue weighted by Crippen LogP contribution is -2.32. The zero-order valence-electron chi connectivity index (χ0n) is 10.7. The van der Waals surface area contributed by atoms with E-state index in [4.69, 9.17) is 21.1 Å². The second kappa shape index (κ2) is 5.11. The first-order chi connectivity index (χ1) is 9.09. The summed E-state index contributed by atoms with van der Waals surface area (Å²) in [7, 11) is 2.91. The summed E-state index contributed by atoms with van der Waals surface area (Å²) in [6.07, 6.45) is 3.83. The Hall–Kier alpha value is -1.71. The second-order valence-electron chi connectivity index (χ2n) is 4.41. The summed E-state index contributed by atoms with van der Waals surface area (Å²) in [6, 6.07) is 1.61. The van der Waals surface area contributed by atoms with Crippen molar-refractivity contribution in [2.75, 3.05) is 14.2 Å². The molecule has 19 heavy (non-hydrogen) atoms. The number of aromatic hydroxyl groups is 1. The van der Waals surface area contributed by atoms with Crippen LogP contribution in [0.5, 0.6) is 17.2 Å². The number of aliphatic imine (C=N–C) groups is 1. The molecule has 2 rings (SSSR count). The van der Waals surface area contributed by atoms with E-state index in [1.807, 2.05) is 0 Å². The third-order valence-electron chi connectivity index (χ3n) is 3.53. The largest absolute Gasteiger partial charge is 0.506 e. The van der Waals surface area contributed by atoms with Crippen LogP contribution < -0.4 is 9.47 Å². The van der Waals surface area contributed by atoms with Crippen molar-refractivity contribution in [1.82, 2.24) is 0 Å². The van der Waals surface area contributed by atoms with Crippen molar-refractivity contribution in [3.63, 3.8) is 0 Å². The molecule has 0 aliphatic heterocycles. The molecular formula is C13H14ClNO4. The highest BCUT2D eigenvalue weighted by Crippen LogP contribution is 2.53. The van der Waals surface area contributed by atoms with Crippen LogP contribution >= 0.6 is 11.6 Å². The van der Waals surface area contributed by atoms with Crippen LogP contribution in [-0.4, -0.2) is 25.4 Å². The van der Waals surface area contributed by atoms with Crippen molar-refractivity contribution in [3.05, 3.63) is 16.7 Å². The first kappa shape index (κ1) is 13.7. The summed E-state index contributed by atoms with van der Waals surface area (Å²) >= 11 is 6.07. The molecule has 1 aliphatic carbocycles. The zero-order chi connectivity index (χ0) is 14.0. The van der Waals surface area contributed by atoms with E-state index in [1.54, 1.807) is 12.1 Å². The van der Waals surface area contributed by atoms with Gasteiger partial charge >= 0.3 is 0 Å². The number of phenols is 1. The number of nitrogens with zero attached hydrogens (tertiary/aromatic N) is 1. The standard InChI is InChI=1S/C13H14ClNO4/c1-18-9-6-8(11(17)10(14)12(9)19-2)13(15-7-16)4-3-5-13/h6,17H,3-5H2,1-2H3. The number of methoxy groups -OCH3 is 2.